The minimum absolute atomic E-state index is 0.118. The molecule has 0 aliphatic heterocycles. The van der Waals surface area contributed by atoms with Crippen molar-refractivity contribution in [2.75, 3.05) is 6.16 Å². The predicted molar refractivity (Wildman–Crippen MR) is 173 cm³/mol. The molecule has 0 aliphatic carbocycles. The van der Waals surface area contributed by atoms with Crippen molar-refractivity contribution >= 4 is 29.9 Å². The van der Waals surface area contributed by atoms with Gasteiger partial charge in [0.25, 0.3) is 0 Å². The van der Waals surface area contributed by atoms with Crippen LogP contribution in [-0.4, -0.2) is 35.8 Å². The Morgan fingerprint density at radius 3 is 1.54 bits per heavy atom. The number of hydrogen-bond donors (Lipinski definition) is 2. The molecule has 2 N–H and O–H groups in total. The van der Waals surface area contributed by atoms with Crippen LogP contribution in [0.25, 0.3) is 0 Å². The van der Waals surface area contributed by atoms with Crippen LogP contribution in [0.4, 0.5) is 26.7 Å². The zero-order valence-electron chi connectivity index (χ0n) is 27.5. The molecule has 11 heteroatoms. The second kappa shape index (κ2) is 14.5. The van der Waals surface area contributed by atoms with Gasteiger partial charge in [-0.1, -0.05) is 71.0 Å². The van der Waals surface area contributed by atoms with Gasteiger partial charge in [0.2, 0.25) is 11.7 Å². The summed E-state index contributed by atoms with van der Waals surface area (Å²) in [6, 6.07) is 15.9. The van der Waals surface area contributed by atoms with E-state index in [2.05, 4.69) is 10.6 Å². The number of hydrogen-bond acceptors (Lipinski definition) is 3. The van der Waals surface area contributed by atoms with Crippen molar-refractivity contribution in [1.29, 1.82) is 0 Å². The summed E-state index contributed by atoms with van der Waals surface area (Å²) < 4.78 is 79.1. The summed E-state index contributed by atoms with van der Waals surface area (Å²) in [6.45, 7) is 14.2. The van der Waals surface area contributed by atoms with E-state index in [1.807, 2.05) is 13.8 Å². The van der Waals surface area contributed by atoms with Gasteiger partial charge in [0, 0.05) is 0 Å². The highest BCUT2D eigenvalue weighted by Gasteiger charge is 2.48. The lowest BCUT2D eigenvalue weighted by atomic mass is 9.86. The van der Waals surface area contributed by atoms with E-state index in [9.17, 15) is 22.8 Å². The SMILES string of the molecule is CC(C)[C@@H](C[P+](Cc1c(F)c(F)c(F)c(F)c1F)(c1ccccc1)c1ccccc1)NC(=O)[C@@H](NC(=O)OC(C)(C)C)C(C)(C)C. The molecule has 2 atom stereocenters. The number of alkyl carbamates (subject to hydrolysis) is 1. The number of carbonyl (C=O) groups is 2. The van der Waals surface area contributed by atoms with Gasteiger partial charge in [0.15, 0.2) is 23.3 Å². The molecule has 0 radical (unpaired) electrons. The molecule has 0 saturated carbocycles. The third kappa shape index (κ3) is 8.64. The molecule has 3 aromatic carbocycles. The van der Waals surface area contributed by atoms with E-state index in [-0.39, 0.29) is 12.1 Å². The van der Waals surface area contributed by atoms with Crippen molar-refractivity contribution in [2.24, 2.45) is 11.3 Å². The van der Waals surface area contributed by atoms with E-state index in [4.69, 9.17) is 4.74 Å². The van der Waals surface area contributed by atoms with Gasteiger partial charge >= 0.3 is 6.09 Å². The van der Waals surface area contributed by atoms with Crippen molar-refractivity contribution in [3.63, 3.8) is 0 Å². The lowest BCUT2D eigenvalue weighted by Gasteiger charge is -2.36. The quantitative estimate of drug-likeness (QED) is 0.101. The zero-order valence-corrected chi connectivity index (χ0v) is 28.4. The topological polar surface area (TPSA) is 67.4 Å². The van der Waals surface area contributed by atoms with Crippen LogP contribution in [0.5, 0.6) is 0 Å². The average Bonchev–Trinajstić information content (AvgIpc) is 2.98. The van der Waals surface area contributed by atoms with Crippen LogP contribution < -0.4 is 21.2 Å². The molecule has 0 heterocycles. The number of nitrogens with one attached hydrogen (secondary N) is 2. The van der Waals surface area contributed by atoms with Gasteiger partial charge < -0.3 is 15.4 Å². The molecule has 5 nitrogen and oxygen atoms in total. The molecule has 0 fully saturated rings. The first-order valence-corrected chi connectivity index (χ1v) is 17.2. The largest absolute Gasteiger partial charge is 0.444 e. The maximum Gasteiger partial charge on any atom is 0.408 e. The predicted octanol–water partition coefficient (Wildman–Crippen LogP) is 7.63. The fourth-order valence-corrected chi connectivity index (χ4v) is 9.92. The molecule has 2 amide bonds. The molecule has 0 aromatic heterocycles. The van der Waals surface area contributed by atoms with Crippen LogP contribution >= 0.6 is 7.26 Å². The number of halogens is 5. The third-order valence-corrected chi connectivity index (χ3v) is 12.1. The highest BCUT2D eigenvalue weighted by Crippen LogP contribution is 2.60. The highest BCUT2D eigenvalue weighted by atomic mass is 31.2. The molecule has 46 heavy (non-hydrogen) atoms. The molecule has 3 rings (SSSR count). The van der Waals surface area contributed by atoms with Crippen LogP contribution in [0.15, 0.2) is 60.7 Å². The van der Waals surface area contributed by atoms with E-state index in [0.29, 0.717) is 10.6 Å². The fraction of sp³-hybridized carbons (Fsp3) is 0.429. The summed E-state index contributed by atoms with van der Waals surface area (Å²) in [5.74, 6) is -10.8. The van der Waals surface area contributed by atoms with Crippen LogP contribution in [0.2, 0.25) is 0 Å². The van der Waals surface area contributed by atoms with Crippen LogP contribution in [0.1, 0.15) is 61.0 Å². The van der Waals surface area contributed by atoms with Crippen molar-refractivity contribution in [1.82, 2.24) is 10.6 Å². The Bertz CT molecular complexity index is 1450. The second-order valence-corrected chi connectivity index (χ2v) is 17.5. The Morgan fingerprint density at radius 2 is 1.15 bits per heavy atom. The van der Waals surface area contributed by atoms with Gasteiger partial charge in [-0.05, 0) is 56.4 Å². The maximum atomic E-state index is 15.3. The number of rotatable bonds is 10. The third-order valence-electron chi connectivity index (χ3n) is 7.66. The molecule has 0 aliphatic rings. The van der Waals surface area contributed by atoms with E-state index in [0.717, 1.165) is 0 Å². The first-order valence-electron chi connectivity index (χ1n) is 15.1. The first-order chi connectivity index (χ1) is 21.3. The summed E-state index contributed by atoms with van der Waals surface area (Å²) in [7, 11) is -3.09. The molecule has 250 valence electrons. The van der Waals surface area contributed by atoms with Crippen LogP contribution in [0, 0.1) is 40.4 Å². The first kappa shape index (κ1) is 36.9. The summed E-state index contributed by atoms with van der Waals surface area (Å²) in [5, 5.41) is 7.04. The van der Waals surface area contributed by atoms with Crippen LogP contribution in [-0.2, 0) is 15.7 Å². The average molecular weight is 666 g/mol. The van der Waals surface area contributed by atoms with Gasteiger partial charge in [0.1, 0.15) is 11.6 Å². The summed E-state index contributed by atoms with van der Waals surface area (Å²) in [6.07, 6.45) is -1.15. The van der Waals surface area contributed by atoms with Crippen molar-refractivity contribution in [3.05, 3.63) is 95.3 Å². The van der Waals surface area contributed by atoms with Crippen molar-refractivity contribution in [2.45, 2.75) is 79.2 Å². The lowest BCUT2D eigenvalue weighted by Crippen LogP contribution is -2.57. The lowest BCUT2D eigenvalue weighted by molar-refractivity contribution is -0.126. The minimum atomic E-state index is -3.09. The molecule has 0 spiro atoms. The number of benzene rings is 3. The van der Waals surface area contributed by atoms with Gasteiger partial charge in [-0.25, -0.2) is 26.7 Å². The Labute approximate surface area is 268 Å². The smallest absolute Gasteiger partial charge is 0.408 e. The van der Waals surface area contributed by atoms with E-state index < -0.39 is 83.2 Å². The van der Waals surface area contributed by atoms with Crippen LogP contribution in [0.3, 0.4) is 0 Å². The van der Waals surface area contributed by atoms with Gasteiger partial charge in [-0.15, -0.1) is 0 Å². The highest BCUT2D eigenvalue weighted by molar-refractivity contribution is 7.88. The molecule has 3 aromatic rings. The maximum absolute atomic E-state index is 15.3. The number of ether oxygens (including phenoxy) is 1. The van der Waals surface area contributed by atoms with E-state index in [1.54, 1.807) is 102 Å². The fourth-order valence-electron chi connectivity index (χ4n) is 5.22. The standard InChI is InChI=1S/C35H42F5N2O3P/c1-21(2)25(41-32(43)31(34(3,4)5)42-33(44)45-35(6,7)8)20-46(22-15-11-9-12-16-22,23-17-13-10-14-18-23)19-24-26(36)28(38)30(40)29(39)27(24)37/h9-18,21,25,31H,19-20H2,1-8H3,(H-,41,42,43,44)/p+1/t25-,31-/m1/s1. The molecular weight excluding hydrogens is 622 g/mol. The van der Waals surface area contributed by atoms with Gasteiger partial charge in [-0.3, -0.25) is 4.79 Å². The summed E-state index contributed by atoms with van der Waals surface area (Å²) in [5.41, 5.74) is -2.46. The zero-order chi connectivity index (χ0) is 34.6. The van der Waals surface area contributed by atoms with Crippen molar-refractivity contribution < 1.29 is 36.3 Å². The normalized spacial score (nSPS) is 13.7. The number of amides is 2. The van der Waals surface area contributed by atoms with Crippen molar-refractivity contribution in [3.8, 4) is 0 Å². The Kier molecular flexibility index (Phi) is 11.6. The summed E-state index contributed by atoms with van der Waals surface area (Å²) >= 11 is 0. The van der Waals surface area contributed by atoms with Gasteiger partial charge in [-0.2, -0.15) is 0 Å². The second-order valence-electron chi connectivity index (χ2n) is 13.8. The Hall–Kier alpha value is -3.52. The summed E-state index contributed by atoms with van der Waals surface area (Å²) in [4.78, 5) is 26.6. The Morgan fingerprint density at radius 1 is 0.717 bits per heavy atom. The molecule has 0 unspecified atom stereocenters. The minimum Gasteiger partial charge on any atom is -0.444 e. The molecule has 0 bridgehead atoms. The van der Waals surface area contributed by atoms with E-state index in [1.165, 1.54) is 0 Å². The van der Waals surface area contributed by atoms with E-state index >= 15 is 8.78 Å². The molecular formula is C35H43F5N2O3P+. The number of carbonyl (C=O) groups excluding carboxylic acids is 2. The monoisotopic (exact) mass is 665 g/mol. The van der Waals surface area contributed by atoms with Gasteiger partial charge in [0.05, 0.1) is 41.8 Å². The molecule has 0 saturated heterocycles. The Balaban J connectivity index is 2.18.